The minimum absolute atomic E-state index is 0.0201. The van der Waals surface area contributed by atoms with Crippen molar-refractivity contribution in [2.75, 3.05) is 50.8 Å². The van der Waals surface area contributed by atoms with Crippen LogP contribution < -0.4 is 16.4 Å². The monoisotopic (exact) mass is 485 g/mol. The number of nitrogens with zero attached hydrogens (tertiary/aromatic N) is 3. The quantitative estimate of drug-likeness (QED) is 0.562. The highest BCUT2D eigenvalue weighted by Gasteiger charge is 2.52. The van der Waals surface area contributed by atoms with Crippen LogP contribution in [0.1, 0.15) is 55.5 Å². The van der Waals surface area contributed by atoms with Crippen LogP contribution in [0, 0.1) is 5.92 Å². The lowest BCUT2D eigenvalue weighted by Gasteiger charge is -2.36. The molecule has 0 aromatic heterocycles. The molecular weight excluding hydrogens is 446 g/mol. The third kappa shape index (κ3) is 5.22. The van der Waals surface area contributed by atoms with Crippen LogP contribution in [0.3, 0.4) is 0 Å². The zero-order valence-electron chi connectivity index (χ0n) is 21.1. The maximum Gasteiger partial charge on any atom is 0.249 e. The summed E-state index contributed by atoms with van der Waals surface area (Å²) < 4.78 is 5.58. The van der Waals surface area contributed by atoms with Crippen molar-refractivity contribution in [1.82, 2.24) is 9.80 Å². The number of ketones is 1. The van der Waals surface area contributed by atoms with E-state index in [9.17, 15) is 14.4 Å². The lowest BCUT2D eigenvalue weighted by atomic mass is 9.85. The van der Waals surface area contributed by atoms with E-state index < -0.39 is 30.0 Å². The first-order valence-electron chi connectivity index (χ1n) is 12.8. The number of anilines is 1. The van der Waals surface area contributed by atoms with Crippen LogP contribution in [-0.2, 0) is 14.3 Å². The number of carbonyl (C=O) groups is 3. The molecule has 3 aliphatic heterocycles. The van der Waals surface area contributed by atoms with Crippen LogP contribution in [0.25, 0.3) is 0 Å². The van der Waals surface area contributed by atoms with Gasteiger partial charge < -0.3 is 26.0 Å². The van der Waals surface area contributed by atoms with Gasteiger partial charge in [-0.2, -0.15) is 0 Å². The summed E-state index contributed by atoms with van der Waals surface area (Å²) in [6.07, 6.45) is 1.20. The summed E-state index contributed by atoms with van der Waals surface area (Å²) in [5, 5.41) is 0. The lowest BCUT2D eigenvalue weighted by Crippen LogP contribution is -2.46. The van der Waals surface area contributed by atoms with Crippen molar-refractivity contribution in [3.05, 3.63) is 29.3 Å². The summed E-state index contributed by atoms with van der Waals surface area (Å²) in [4.78, 5) is 45.3. The second-order valence-corrected chi connectivity index (χ2v) is 10.5. The van der Waals surface area contributed by atoms with Crippen LogP contribution >= 0.6 is 0 Å². The summed E-state index contributed by atoms with van der Waals surface area (Å²) in [5.74, 6) is -1.27. The van der Waals surface area contributed by atoms with Gasteiger partial charge in [0.05, 0.1) is 12.0 Å². The first kappa shape index (κ1) is 25.6. The van der Waals surface area contributed by atoms with Crippen LogP contribution in [0.2, 0.25) is 0 Å². The molecule has 0 saturated carbocycles. The Labute approximate surface area is 207 Å². The van der Waals surface area contributed by atoms with Gasteiger partial charge in [-0.15, -0.1) is 0 Å². The summed E-state index contributed by atoms with van der Waals surface area (Å²) in [6.45, 7) is 11.3. The molecule has 4 N–H and O–H groups in total. The Morgan fingerprint density at radius 3 is 2.51 bits per heavy atom. The van der Waals surface area contributed by atoms with Crippen molar-refractivity contribution in [3.8, 4) is 0 Å². The number of primary amides is 1. The van der Waals surface area contributed by atoms with Crippen molar-refractivity contribution in [2.45, 2.75) is 57.7 Å². The molecule has 4 rings (SSSR count). The molecule has 1 aromatic rings. The molecule has 3 fully saturated rings. The highest BCUT2D eigenvalue weighted by Crippen LogP contribution is 2.36. The minimum Gasteiger partial charge on any atom is -0.369 e. The van der Waals surface area contributed by atoms with Crippen LogP contribution in [0.4, 0.5) is 5.69 Å². The molecule has 3 aliphatic rings. The van der Waals surface area contributed by atoms with Gasteiger partial charge in [-0.05, 0) is 49.1 Å². The van der Waals surface area contributed by atoms with Gasteiger partial charge >= 0.3 is 0 Å². The van der Waals surface area contributed by atoms with Gasteiger partial charge in [0.2, 0.25) is 11.8 Å². The fourth-order valence-electron chi connectivity index (χ4n) is 5.76. The van der Waals surface area contributed by atoms with E-state index in [2.05, 4.69) is 16.7 Å². The molecular formula is C26H39N5O4. The minimum atomic E-state index is -0.654. The molecule has 9 nitrogen and oxygen atoms in total. The Bertz CT molecular complexity index is 959. The third-order valence-electron chi connectivity index (χ3n) is 7.47. The molecule has 0 bridgehead atoms. The molecule has 192 valence electrons. The maximum atomic E-state index is 14.0. The van der Waals surface area contributed by atoms with Crippen molar-refractivity contribution >= 4 is 23.3 Å². The molecule has 3 saturated heterocycles. The molecule has 3 heterocycles. The number of amides is 2. The van der Waals surface area contributed by atoms with Crippen molar-refractivity contribution in [1.29, 1.82) is 0 Å². The van der Waals surface area contributed by atoms with E-state index in [0.717, 1.165) is 44.8 Å². The van der Waals surface area contributed by atoms with E-state index in [1.165, 1.54) is 0 Å². The number of benzene rings is 1. The number of Topliss-reactive ketones (excluding diaryl/α,β-unsaturated/α-hetero) is 1. The topological polar surface area (TPSA) is 122 Å². The SMILES string of the molecule is CCCN1CCN(c2ccc(C(N)=O)c([C@H](CC(C)C)C(=O)N3C[C@H](N)[C@H]4OCC(=O)[C@H]43)c2)CC1. The number of ether oxygens (including phenoxy) is 1. The molecule has 0 radical (unpaired) electrons. The second kappa shape index (κ2) is 10.6. The number of hydrogen-bond acceptors (Lipinski definition) is 7. The van der Waals surface area contributed by atoms with E-state index in [0.29, 0.717) is 17.5 Å². The van der Waals surface area contributed by atoms with Crippen LogP contribution in [0.15, 0.2) is 18.2 Å². The molecule has 9 heteroatoms. The summed E-state index contributed by atoms with van der Waals surface area (Å²) in [6, 6.07) is 4.57. The normalized spacial score (nSPS) is 25.9. The van der Waals surface area contributed by atoms with E-state index >= 15 is 0 Å². The van der Waals surface area contributed by atoms with E-state index in [1.807, 2.05) is 26.0 Å². The van der Waals surface area contributed by atoms with Crippen LogP contribution in [0.5, 0.6) is 0 Å². The number of hydrogen-bond donors (Lipinski definition) is 2. The standard InChI is InChI=1S/C26H39N5O4/c1-4-7-29-8-10-30(11-9-29)17-5-6-18(25(28)33)19(13-17)20(12-16(2)3)26(34)31-14-21(27)24-23(31)22(32)15-35-24/h5-6,13,16,20-21,23-24H,4,7-12,14-15,27H2,1-3H3,(H2,28,33)/t20-,21-,23+,24+/m0/s1. The van der Waals surface area contributed by atoms with Gasteiger partial charge in [-0.1, -0.05) is 20.8 Å². The Hall–Kier alpha value is -2.49. The number of likely N-dealkylation sites (tertiary alicyclic amines) is 1. The van der Waals surface area contributed by atoms with Gasteiger partial charge in [0.25, 0.3) is 0 Å². The molecule has 2 amide bonds. The fourth-order valence-corrected chi connectivity index (χ4v) is 5.76. The van der Waals surface area contributed by atoms with Crippen molar-refractivity contribution in [3.63, 3.8) is 0 Å². The lowest BCUT2D eigenvalue weighted by molar-refractivity contribution is -0.138. The van der Waals surface area contributed by atoms with Gasteiger partial charge in [0.1, 0.15) is 18.8 Å². The Balaban J connectivity index is 1.66. The largest absolute Gasteiger partial charge is 0.369 e. The predicted octanol–water partition coefficient (Wildman–Crippen LogP) is 0.953. The van der Waals surface area contributed by atoms with Crippen molar-refractivity contribution in [2.24, 2.45) is 17.4 Å². The van der Waals surface area contributed by atoms with E-state index in [-0.39, 0.29) is 30.8 Å². The van der Waals surface area contributed by atoms with Crippen molar-refractivity contribution < 1.29 is 19.1 Å². The zero-order chi connectivity index (χ0) is 25.3. The van der Waals surface area contributed by atoms with Gasteiger partial charge in [0.15, 0.2) is 5.78 Å². The summed E-state index contributed by atoms with van der Waals surface area (Å²) >= 11 is 0. The smallest absolute Gasteiger partial charge is 0.249 e. The first-order valence-corrected chi connectivity index (χ1v) is 12.8. The average Bonchev–Trinajstić information content (AvgIpc) is 3.37. The molecule has 1 aromatic carbocycles. The van der Waals surface area contributed by atoms with E-state index in [4.69, 9.17) is 16.2 Å². The number of fused-ring (bicyclic) bond motifs is 1. The third-order valence-corrected chi connectivity index (χ3v) is 7.47. The highest BCUT2D eigenvalue weighted by molar-refractivity contribution is 5.99. The first-order chi connectivity index (χ1) is 16.7. The molecule has 35 heavy (non-hydrogen) atoms. The Morgan fingerprint density at radius 2 is 1.89 bits per heavy atom. The van der Waals surface area contributed by atoms with Crippen LogP contribution in [-0.4, -0.2) is 91.5 Å². The summed E-state index contributed by atoms with van der Waals surface area (Å²) in [7, 11) is 0. The van der Waals surface area contributed by atoms with E-state index in [1.54, 1.807) is 11.0 Å². The van der Waals surface area contributed by atoms with Gasteiger partial charge in [-0.25, -0.2) is 0 Å². The Morgan fingerprint density at radius 1 is 1.17 bits per heavy atom. The van der Waals surface area contributed by atoms with Gasteiger partial charge in [-0.3, -0.25) is 19.3 Å². The predicted molar refractivity (Wildman–Crippen MR) is 134 cm³/mol. The fraction of sp³-hybridized carbons (Fsp3) is 0.654. The summed E-state index contributed by atoms with van der Waals surface area (Å²) in [5.41, 5.74) is 14.0. The maximum absolute atomic E-state index is 14.0. The average molecular weight is 486 g/mol. The molecule has 0 spiro atoms. The zero-order valence-corrected chi connectivity index (χ0v) is 21.1. The Kier molecular flexibility index (Phi) is 7.78. The number of carbonyl (C=O) groups excluding carboxylic acids is 3. The number of piperazine rings is 1. The highest BCUT2D eigenvalue weighted by atomic mass is 16.5. The molecule has 0 aliphatic carbocycles. The van der Waals surface area contributed by atoms with Gasteiger partial charge in [0, 0.05) is 44.0 Å². The molecule has 0 unspecified atom stereocenters. The number of rotatable bonds is 8. The molecule has 4 atom stereocenters. The second-order valence-electron chi connectivity index (χ2n) is 10.5. The number of nitrogens with two attached hydrogens (primary N) is 2.